The van der Waals surface area contributed by atoms with Gasteiger partial charge in [0.05, 0.1) is 11.6 Å². The van der Waals surface area contributed by atoms with Crippen LogP contribution in [0.25, 0.3) is 11.5 Å². The first-order valence-electron chi connectivity index (χ1n) is 8.05. The summed E-state index contributed by atoms with van der Waals surface area (Å²) in [4.78, 5) is 15.4. The zero-order valence-corrected chi connectivity index (χ0v) is 13.5. The number of nitrogens with zero attached hydrogens (tertiary/aromatic N) is 1. The van der Waals surface area contributed by atoms with Gasteiger partial charge in [-0.15, -0.1) is 0 Å². The van der Waals surface area contributed by atoms with Gasteiger partial charge in [0.25, 0.3) is 0 Å². The molecule has 2 N–H and O–H groups in total. The molecule has 0 radical (unpaired) electrons. The van der Waals surface area contributed by atoms with E-state index in [-0.39, 0.29) is 5.92 Å². The molecule has 1 aliphatic rings. The quantitative estimate of drug-likeness (QED) is 0.891. The Morgan fingerprint density at radius 3 is 2.61 bits per heavy atom. The Labute approximate surface area is 135 Å². The fourth-order valence-corrected chi connectivity index (χ4v) is 3.10. The lowest BCUT2D eigenvalue weighted by molar-refractivity contribution is -0.142. The zero-order valence-electron chi connectivity index (χ0n) is 13.5. The van der Waals surface area contributed by atoms with Crippen LogP contribution in [0.2, 0.25) is 0 Å². The van der Waals surface area contributed by atoms with Crippen molar-refractivity contribution in [3.05, 3.63) is 35.7 Å². The van der Waals surface area contributed by atoms with Gasteiger partial charge in [-0.3, -0.25) is 4.79 Å². The minimum Gasteiger partial charge on any atom is -0.481 e. The van der Waals surface area contributed by atoms with E-state index in [0.717, 1.165) is 48.2 Å². The van der Waals surface area contributed by atoms with Gasteiger partial charge >= 0.3 is 5.97 Å². The van der Waals surface area contributed by atoms with E-state index in [2.05, 4.69) is 29.4 Å². The lowest BCUT2D eigenvalue weighted by Gasteiger charge is -2.28. The standard InChI is InChI=1S/C18H22N2O3/c1-11-3-4-14(17-19-12(2)10-23-17)9-16(11)20-15-7-5-13(6-8-15)18(21)22/h3-4,9-10,13,15,20H,5-8H2,1-2H3,(H,21,22). The second kappa shape index (κ2) is 6.44. The number of aryl methyl sites for hydroxylation is 2. The van der Waals surface area contributed by atoms with Crippen LogP contribution in [0.15, 0.2) is 28.9 Å². The molecule has 1 aromatic carbocycles. The van der Waals surface area contributed by atoms with Crippen molar-refractivity contribution in [3.63, 3.8) is 0 Å². The van der Waals surface area contributed by atoms with Gasteiger partial charge in [0.2, 0.25) is 5.89 Å². The number of anilines is 1. The van der Waals surface area contributed by atoms with Crippen LogP contribution in [0.1, 0.15) is 36.9 Å². The van der Waals surface area contributed by atoms with Crippen LogP contribution >= 0.6 is 0 Å². The van der Waals surface area contributed by atoms with Gasteiger partial charge in [0.15, 0.2) is 0 Å². The molecule has 1 fully saturated rings. The average molecular weight is 314 g/mol. The van der Waals surface area contributed by atoms with E-state index < -0.39 is 5.97 Å². The maximum Gasteiger partial charge on any atom is 0.306 e. The highest BCUT2D eigenvalue weighted by molar-refractivity contribution is 5.70. The fourth-order valence-electron chi connectivity index (χ4n) is 3.10. The van der Waals surface area contributed by atoms with Crippen LogP contribution in [-0.4, -0.2) is 22.1 Å². The molecule has 23 heavy (non-hydrogen) atoms. The summed E-state index contributed by atoms with van der Waals surface area (Å²) in [5.74, 6) is -0.225. The maximum atomic E-state index is 11.0. The van der Waals surface area contributed by atoms with Crippen LogP contribution in [-0.2, 0) is 4.79 Å². The van der Waals surface area contributed by atoms with E-state index in [0.29, 0.717) is 11.9 Å². The molecular weight excluding hydrogens is 292 g/mol. The van der Waals surface area contributed by atoms with Gasteiger partial charge < -0.3 is 14.8 Å². The second-order valence-electron chi connectivity index (χ2n) is 6.35. The summed E-state index contributed by atoms with van der Waals surface area (Å²) in [7, 11) is 0. The lowest BCUT2D eigenvalue weighted by Crippen LogP contribution is -2.29. The van der Waals surface area contributed by atoms with Crippen molar-refractivity contribution in [2.75, 3.05) is 5.32 Å². The molecule has 1 saturated carbocycles. The van der Waals surface area contributed by atoms with E-state index in [9.17, 15) is 4.79 Å². The summed E-state index contributed by atoms with van der Waals surface area (Å²) >= 11 is 0. The van der Waals surface area contributed by atoms with Crippen LogP contribution in [0.5, 0.6) is 0 Å². The molecule has 0 saturated heterocycles. The Balaban J connectivity index is 1.72. The molecule has 0 spiro atoms. The number of carboxylic acids is 1. The first-order chi connectivity index (χ1) is 11.0. The lowest BCUT2D eigenvalue weighted by atomic mass is 9.86. The second-order valence-corrected chi connectivity index (χ2v) is 6.35. The molecule has 2 aromatic rings. The molecule has 0 unspecified atom stereocenters. The van der Waals surface area contributed by atoms with E-state index >= 15 is 0 Å². The number of oxazole rings is 1. The van der Waals surface area contributed by atoms with Crippen molar-refractivity contribution in [1.29, 1.82) is 0 Å². The van der Waals surface area contributed by atoms with Gasteiger partial charge in [-0.05, 0) is 57.2 Å². The van der Waals surface area contributed by atoms with E-state index in [1.165, 1.54) is 0 Å². The van der Waals surface area contributed by atoms with E-state index in [1.54, 1.807) is 6.26 Å². The summed E-state index contributed by atoms with van der Waals surface area (Å²) < 4.78 is 5.47. The molecule has 0 amide bonds. The Hall–Kier alpha value is -2.30. The van der Waals surface area contributed by atoms with Crippen LogP contribution in [0, 0.1) is 19.8 Å². The smallest absolute Gasteiger partial charge is 0.306 e. The normalized spacial score (nSPS) is 21.1. The number of carbonyl (C=O) groups is 1. The van der Waals surface area contributed by atoms with E-state index in [4.69, 9.17) is 9.52 Å². The number of nitrogens with one attached hydrogen (secondary N) is 1. The third-order valence-electron chi connectivity index (χ3n) is 4.54. The molecule has 5 nitrogen and oxygen atoms in total. The molecule has 3 rings (SSSR count). The predicted molar refractivity (Wildman–Crippen MR) is 88.4 cm³/mol. The van der Waals surface area contributed by atoms with Crippen molar-refractivity contribution < 1.29 is 14.3 Å². The topological polar surface area (TPSA) is 75.4 Å². The van der Waals surface area contributed by atoms with Gasteiger partial charge in [0, 0.05) is 17.3 Å². The van der Waals surface area contributed by atoms with E-state index in [1.807, 2.05) is 13.0 Å². The summed E-state index contributed by atoms with van der Waals surface area (Å²) in [6.45, 7) is 3.97. The minimum absolute atomic E-state index is 0.184. The number of aromatic nitrogens is 1. The van der Waals surface area contributed by atoms with Crippen LogP contribution < -0.4 is 5.32 Å². The Bertz CT molecular complexity index is 700. The number of rotatable bonds is 4. The fraction of sp³-hybridized carbons (Fsp3) is 0.444. The SMILES string of the molecule is Cc1coc(-c2ccc(C)c(NC3CCC(C(=O)O)CC3)c2)n1. The summed E-state index contributed by atoms with van der Waals surface area (Å²) in [5.41, 5.74) is 4.04. The molecule has 5 heteroatoms. The first-order valence-corrected chi connectivity index (χ1v) is 8.05. The number of hydrogen-bond donors (Lipinski definition) is 2. The highest BCUT2D eigenvalue weighted by Gasteiger charge is 2.26. The van der Waals surface area contributed by atoms with Crippen molar-refractivity contribution in [1.82, 2.24) is 4.98 Å². The van der Waals surface area contributed by atoms with Gasteiger partial charge in [-0.1, -0.05) is 6.07 Å². The summed E-state index contributed by atoms with van der Waals surface area (Å²) in [5, 5.41) is 12.6. The molecule has 0 atom stereocenters. The molecular formula is C18H22N2O3. The highest BCUT2D eigenvalue weighted by atomic mass is 16.4. The molecule has 122 valence electrons. The molecule has 1 aliphatic carbocycles. The van der Waals surface area contributed by atoms with Crippen LogP contribution in [0.3, 0.4) is 0 Å². The third-order valence-corrected chi connectivity index (χ3v) is 4.54. The Kier molecular flexibility index (Phi) is 4.37. The Morgan fingerprint density at radius 2 is 2.00 bits per heavy atom. The van der Waals surface area contributed by atoms with Crippen molar-refractivity contribution in [3.8, 4) is 11.5 Å². The van der Waals surface area contributed by atoms with Crippen LogP contribution in [0.4, 0.5) is 5.69 Å². The number of aliphatic carboxylic acids is 1. The Morgan fingerprint density at radius 1 is 1.26 bits per heavy atom. The summed E-state index contributed by atoms with van der Waals surface area (Å²) in [6.07, 6.45) is 4.91. The summed E-state index contributed by atoms with van der Waals surface area (Å²) in [6, 6.07) is 6.45. The number of hydrogen-bond acceptors (Lipinski definition) is 4. The molecule has 1 heterocycles. The van der Waals surface area contributed by atoms with Crippen molar-refractivity contribution in [2.24, 2.45) is 5.92 Å². The van der Waals surface area contributed by atoms with Gasteiger partial charge in [0.1, 0.15) is 6.26 Å². The van der Waals surface area contributed by atoms with Gasteiger partial charge in [-0.25, -0.2) is 4.98 Å². The van der Waals surface area contributed by atoms with Crippen molar-refractivity contribution >= 4 is 11.7 Å². The number of benzene rings is 1. The zero-order chi connectivity index (χ0) is 16.4. The average Bonchev–Trinajstić information content (AvgIpc) is 2.96. The molecule has 0 bridgehead atoms. The van der Waals surface area contributed by atoms with Crippen molar-refractivity contribution in [2.45, 2.75) is 45.6 Å². The number of carboxylic acid groups (broad SMARTS) is 1. The largest absolute Gasteiger partial charge is 0.481 e. The molecule has 0 aliphatic heterocycles. The molecule has 1 aromatic heterocycles. The maximum absolute atomic E-state index is 11.0. The third kappa shape index (κ3) is 3.55. The van der Waals surface area contributed by atoms with Gasteiger partial charge in [-0.2, -0.15) is 0 Å². The predicted octanol–water partition coefficient (Wildman–Crippen LogP) is 4.01. The monoisotopic (exact) mass is 314 g/mol. The minimum atomic E-state index is -0.666. The first kappa shape index (κ1) is 15.6. The highest BCUT2D eigenvalue weighted by Crippen LogP contribution is 2.30.